The molecule has 1 saturated heterocycles. The maximum atomic E-state index is 12.8. The first-order valence-electron chi connectivity index (χ1n) is 10.9. The van der Waals surface area contributed by atoms with E-state index in [1.165, 1.54) is 4.31 Å². The molecule has 2 amide bonds. The van der Waals surface area contributed by atoms with E-state index in [1.54, 1.807) is 24.3 Å². The van der Waals surface area contributed by atoms with Gasteiger partial charge in [0.1, 0.15) is 0 Å². The molecule has 8 heteroatoms. The van der Waals surface area contributed by atoms with Crippen molar-refractivity contribution in [3.63, 3.8) is 0 Å². The smallest absolute Gasteiger partial charge is 0.253 e. The monoisotopic (exact) mass is 457 g/mol. The summed E-state index contributed by atoms with van der Waals surface area (Å²) in [5.41, 5.74) is 2.71. The minimum atomic E-state index is -3.44. The second-order valence-corrected chi connectivity index (χ2v) is 10.5. The maximum Gasteiger partial charge on any atom is 0.253 e. The molecule has 0 atom stereocenters. The Balaban J connectivity index is 1.59. The highest BCUT2D eigenvalue weighted by atomic mass is 32.2. The van der Waals surface area contributed by atoms with Crippen LogP contribution in [0.1, 0.15) is 48.2 Å². The van der Waals surface area contributed by atoms with E-state index >= 15 is 0 Å². The lowest BCUT2D eigenvalue weighted by atomic mass is 9.97. The van der Waals surface area contributed by atoms with Crippen molar-refractivity contribution < 1.29 is 18.0 Å². The topological polar surface area (TPSA) is 95.6 Å². The van der Waals surface area contributed by atoms with Crippen LogP contribution in [-0.2, 0) is 20.6 Å². The summed E-state index contributed by atoms with van der Waals surface area (Å²) in [7, 11) is -3.44. The Morgan fingerprint density at radius 2 is 1.66 bits per heavy atom. The molecule has 2 aromatic carbocycles. The first-order valence-corrected chi connectivity index (χ1v) is 12.5. The highest BCUT2D eigenvalue weighted by Gasteiger charge is 2.31. The summed E-state index contributed by atoms with van der Waals surface area (Å²) in [5, 5.41) is 5.70. The SMILES string of the molecule is Cc1ccc(CS(=O)(=O)N2CCC(C(=O)Nc3ccccc3C(=O)NC(C)C)CC2)cc1. The first-order chi connectivity index (χ1) is 15.2. The standard InChI is InChI=1S/C24H31N3O4S/c1-17(2)25-24(29)21-6-4-5-7-22(21)26-23(28)20-12-14-27(15-13-20)32(30,31)16-19-10-8-18(3)9-11-19/h4-11,17,20H,12-16H2,1-3H3,(H,25,29)(H,26,28). The Labute approximate surface area is 190 Å². The Kier molecular flexibility index (Phi) is 7.69. The average molecular weight is 458 g/mol. The van der Waals surface area contributed by atoms with E-state index in [1.807, 2.05) is 45.0 Å². The van der Waals surface area contributed by atoms with Crippen LogP contribution in [0.5, 0.6) is 0 Å². The zero-order valence-corrected chi connectivity index (χ0v) is 19.6. The van der Waals surface area contributed by atoms with E-state index < -0.39 is 10.0 Å². The number of anilines is 1. The largest absolute Gasteiger partial charge is 0.350 e. The van der Waals surface area contributed by atoms with Crippen LogP contribution in [0.15, 0.2) is 48.5 Å². The van der Waals surface area contributed by atoms with Crippen LogP contribution in [-0.4, -0.2) is 43.7 Å². The van der Waals surface area contributed by atoms with Gasteiger partial charge in [0.25, 0.3) is 5.91 Å². The molecule has 7 nitrogen and oxygen atoms in total. The van der Waals surface area contributed by atoms with Crippen molar-refractivity contribution in [1.29, 1.82) is 0 Å². The third kappa shape index (κ3) is 6.17. The predicted molar refractivity (Wildman–Crippen MR) is 126 cm³/mol. The van der Waals surface area contributed by atoms with Crippen molar-refractivity contribution in [2.24, 2.45) is 5.92 Å². The molecule has 0 radical (unpaired) electrons. The number of rotatable bonds is 7. The number of carbonyl (C=O) groups excluding carboxylic acids is 2. The summed E-state index contributed by atoms with van der Waals surface area (Å²) in [4.78, 5) is 25.3. The van der Waals surface area contributed by atoms with Crippen LogP contribution < -0.4 is 10.6 Å². The fourth-order valence-corrected chi connectivity index (χ4v) is 5.31. The first kappa shape index (κ1) is 23.9. The molecular formula is C24H31N3O4S. The number of benzene rings is 2. The van der Waals surface area contributed by atoms with Crippen LogP contribution in [0.2, 0.25) is 0 Å². The van der Waals surface area contributed by atoms with Gasteiger partial charge in [-0.3, -0.25) is 9.59 Å². The number of sulfonamides is 1. The van der Waals surface area contributed by atoms with Crippen LogP contribution in [0.3, 0.4) is 0 Å². The number of piperidine rings is 1. The van der Waals surface area contributed by atoms with Gasteiger partial charge < -0.3 is 10.6 Å². The number of hydrogen-bond acceptors (Lipinski definition) is 4. The van der Waals surface area contributed by atoms with Gasteiger partial charge in [0.15, 0.2) is 0 Å². The highest BCUT2D eigenvalue weighted by Crippen LogP contribution is 2.24. The zero-order chi connectivity index (χ0) is 23.3. The van der Waals surface area contributed by atoms with Gasteiger partial charge in [-0.25, -0.2) is 12.7 Å². The van der Waals surface area contributed by atoms with Gasteiger partial charge in [0.05, 0.1) is 17.0 Å². The minimum Gasteiger partial charge on any atom is -0.350 e. The highest BCUT2D eigenvalue weighted by molar-refractivity contribution is 7.88. The summed E-state index contributed by atoms with van der Waals surface area (Å²) < 4.78 is 27.1. The summed E-state index contributed by atoms with van der Waals surface area (Å²) >= 11 is 0. The Hall–Kier alpha value is -2.71. The van der Waals surface area contributed by atoms with E-state index in [0.29, 0.717) is 37.2 Å². The number of para-hydroxylation sites is 1. The van der Waals surface area contributed by atoms with E-state index in [4.69, 9.17) is 0 Å². The quantitative estimate of drug-likeness (QED) is 0.667. The number of nitrogens with zero attached hydrogens (tertiary/aromatic N) is 1. The third-order valence-corrected chi connectivity index (χ3v) is 7.39. The Morgan fingerprint density at radius 1 is 1.03 bits per heavy atom. The molecule has 1 aliphatic rings. The lowest BCUT2D eigenvalue weighted by molar-refractivity contribution is -0.120. The fourth-order valence-electron chi connectivity index (χ4n) is 3.75. The maximum absolute atomic E-state index is 12.8. The van der Waals surface area contributed by atoms with Crippen molar-refractivity contribution in [3.05, 3.63) is 65.2 Å². The summed E-state index contributed by atoms with van der Waals surface area (Å²) in [6, 6.07) is 14.4. The van der Waals surface area contributed by atoms with Crippen molar-refractivity contribution >= 4 is 27.5 Å². The van der Waals surface area contributed by atoms with Gasteiger partial charge in [0.2, 0.25) is 15.9 Å². The second-order valence-electron chi connectivity index (χ2n) is 8.58. The van der Waals surface area contributed by atoms with E-state index in [2.05, 4.69) is 10.6 Å². The lowest BCUT2D eigenvalue weighted by Crippen LogP contribution is -2.42. The van der Waals surface area contributed by atoms with E-state index in [-0.39, 0.29) is 29.5 Å². The average Bonchev–Trinajstić information content (AvgIpc) is 2.75. The molecule has 32 heavy (non-hydrogen) atoms. The van der Waals surface area contributed by atoms with Crippen molar-refractivity contribution in [2.45, 2.75) is 45.4 Å². The Morgan fingerprint density at radius 3 is 2.28 bits per heavy atom. The minimum absolute atomic E-state index is 0.0163. The summed E-state index contributed by atoms with van der Waals surface area (Å²) in [6.45, 7) is 6.33. The molecule has 172 valence electrons. The fraction of sp³-hybridized carbons (Fsp3) is 0.417. The molecule has 0 spiro atoms. The molecule has 1 fully saturated rings. The van der Waals surface area contributed by atoms with Crippen LogP contribution >= 0.6 is 0 Å². The van der Waals surface area contributed by atoms with Crippen molar-refractivity contribution in [3.8, 4) is 0 Å². The molecule has 3 rings (SSSR count). The second kappa shape index (κ2) is 10.3. The molecule has 0 aliphatic carbocycles. The molecule has 0 bridgehead atoms. The number of nitrogens with one attached hydrogen (secondary N) is 2. The molecule has 0 aromatic heterocycles. The summed E-state index contributed by atoms with van der Waals surface area (Å²) in [5.74, 6) is -0.775. The van der Waals surface area contributed by atoms with Gasteiger partial charge in [-0.05, 0) is 51.3 Å². The molecule has 1 aliphatic heterocycles. The molecule has 2 N–H and O–H groups in total. The van der Waals surface area contributed by atoms with Gasteiger partial charge in [0, 0.05) is 25.0 Å². The number of carbonyl (C=O) groups is 2. The molecule has 0 saturated carbocycles. The molecule has 0 unspecified atom stereocenters. The van der Waals surface area contributed by atoms with Gasteiger partial charge in [-0.2, -0.15) is 0 Å². The van der Waals surface area contributed by atoms with Crippen molar-refractivity contribution in [1.82, 2.24) is 9.62 Å². The lowest BCUT2D eigenvalue weighted by Gasteiger charge is -2.30. The molecular weight excluding hydrogens is 426 g/mol. The van der Waals surface area contributed by atoms with Crippen LogP contribution in [0, 0.1) is 12.8 Å². The summed E-state index contributed by atoms with van der Waals surface area (Å²) in [6.07, 6.45) is 0.888. The third-order valence-electron chi connectivity index (χ3n) is 5.54. The van der Waals surface area contributed by atoms with Crippen LogP contribution in [0.25, 0.3) is 0 Å². The normalized spacial score (nSPS) is 15.5. The van der Waals surface area contributed by atoms with Crippen molar-refractivity contribution in [2.75, 3.05) is 18.4 Å². The van der Waals surface area contributed by atoms with Gasteiger partial charge in [-0.1, -0.05) is 42.0 Å². The van der Waals surface area contributed by atoms with Gasteiger partial charge in [-0.15, -0.1) is 0 Å². The molecule has 1 heterocycles. The molecule has 2 aromatic rings. The number of aryl methyl sites for hydroxylation is 1. The number of amides is 2. The number of hydrogen-bond donors (Lipinski definition) is 2. The van der Waals surface area contributed by atoms with E-state index in [0.717, 1.165) is 11.1 Å². The van der Waals surface area contributed by atoms with Gasteiger partial charge >= 0.3 is 0 Å². The zero-order valence-electron chi connectivity index (χ0n) is 18.8. The predicted octanol–water partition coefficient (Wildman–Crippen LogP) is 3.31. The Bertz CT molecular complexity index is 1060. The van der Waals surface area contributed by atoms with Crippen LogP contribution in [0.4, 0.5) is 5.69 Å². The van der Waals surface area contributed by atoms with E-state index in [9.17, 15) is 18.0 Å².